The molecule has 0 bridgehead atoms. The number of benzene rings is 3. The number of ether oxygens (including phenoxy) is 1. The Morgan fingerprint density at radius 3 is 2.49 bits per heavy atom. The number of halogens is 2. The van der Waals surface area contributed by atoms with E-state index in [1.165, 1.54) is 5.56 Å². The summed E-state index contributed by atoms with van der Waals surface area (Å²) in [7, 11) is 1.64. The predicted molar refractivity (Wildman–Crippen MR) is 138 cm³/mol. The molecule has 5 rings (SSSR count). The van der Waals surface area contributed by atoms with Gasteiger partial charge in [0.15, 0.2) is 0 Å². The van der Waals surface area contributed by atoms with Crippen LogP contribution in [0.5, 0.6) is 5.75 Å². The van der Waals surface area contributed by atoms with Crippen LogP contribution in [0.4, 0.5) is 0 Å². The zero-order valence-corrected chi connectivity index (χ0v) is 21.0. The van der Waals surface area contributed by atoms with Gasteiger partial charge in [-0.25, -0.2) is 4.68 Å². The third-order valence-electron chi connectivity index (χ3n) is 5.28. The monoisotopic (exact) mass is 522 g/mol. The van der Waals surface area contributed by atoms with E-state index in [0.29, 0.717) is 28.1 Å². The van der Waals surface area contributed by atoms with Gasteiger partial charge in [0.1, 0.15) is 10.8 Å². The van der Waals surface area contributed by atoms with Crippen molar-refractivity contribution < 1.29 is 4.74 Å². The Hall–Kier alpha value is -3.33. The number of tetrazole rings is 1. The van der Waals surface area contributed by atoms with E-state index in [1.54, 1.807) is 40.6 Å². The first kappa shape index (κ1) is 23.4. The van der Waals surface area contributed by atoms with E-state index in [0.717, 1.165) is 27.7 Å². The van der Waals surface area contributed by atoms with Crippen molar-refractivity contribution in [3.8, 4) is 22.8 Å². The lowest BCUT2D eigenvalue weighted by Crippen LogP contribution is -2.04. The Bertz CT molecular complexity index is 1440. The molecule has 0 spiro atoms. The van der Waals surface area contributed by atoms with Gasteiger partial charge in [-0.05, 0) is 40.6 Å². The number of hydrogen-bond acceptors (Lipinski definition) is 6. The van der Waals surface area contributed by atoms with Crippen molar-refractivity contribution in [3.05, 3.63) is 100 Å². The van der Waals surface area contributed by atoms with E-state index < -0.39 is 0 Å². The molecule has 0 atom stereocenters. The van der Waals surface area contributed by atoms with Gasteiger partial charge in [-0.3, -0.25) is 0 Å². The summed E-state index contributed by atoms with van der Waals surface area (Å²) in [5, 5.41) is 19.5. The molecule has 0 aliphatic carbocycles. The summed E-state index contributed by atoms with van der Waals surface area (Å²) in [4.78, 5) is 1.56. The van der Waals surface area contributed by atoms with E-state index in [1.807, 2.05) is 54.6 Å². The van der Waals surface area contributed by atoms with E-state index in [-0.39, 0.29) is 0 Å². The highest BCUT2D eigenvalue weighted by Crippen LogP contribution is 2.36. The highest BCUT2D eigenvalue weighted by atomic mass is 35.5. The molecule has 2 heterocycles. The quantitative estimate of drug-likeness (QED) is 0.226. The minimum Gasteiger partial charge on any atom is -0.497 e. The van der Waals surface area contributed by atoms with Crippen LogP contribution in [0.1, 0.15) is 11.1 Å². The molecule has 0 aliphatic heterocycles. The summed E-state index contributed by atoms with van der Waals surface area (Å²) in [5.41, 5.74) is 3.67. The third kappa shape index (κ3) is 5.19. The molecule has 0 saturated carbocycles. The number of thioether (sulfide) groups is 1. The molecule has 3 aromatic carbocycles. The van der Waals surface area contributed by atoms with Crippen LogP contribution in [0.15, 0.2) is 84.0 Å². The maximum atomic E-state index is 6.53. The van der Waals surface area contributed by atoms with Crippen LogP contribution in [-0.2, 0) is 12.3 Å². The van der Waals surface area contributed by atoms with E-state index in [2.05, 4.69) is 32.6 Å². The summed E-state index contributed by atoms with van der Waals surface area (Å²) in [6, 6.07) is 23.5. The van der Waals surface area contributed by atoms with Crippen LogP contribution < -0.4 is 4.74 Å². The normalized spacial score (nSPS) is 11.1. The van der Waals surface area contributed by atoms with Crippen molar-refractivity contribution >= 4 is 35.0 Å². The molecule has 0 unspecified atom stereocenters. The molecule has 5 aromatic rings. The molecule has 7 nitrogen and oxygen atoms in total. The number of nitrogens with zero attached hydrogens (tertiary/aromatic N) is 6. The number of rotatable bonds is 8. The minimum atomic E-state index is 0.432. The summed E-state index contributed by atoms with van der Waals surface area (Å²) in [5.74, 6) is 2.02. The van der Waals surface area contributed by atoms with Crippen LogP contribution in [-0.4, -0.2) is 37.1 Å². The molecular weight excluding hydrogens is 503 g/mol. The predicted octanol–water partition coefficient (Wildman–Crippen LogP) is 6.18. The average Bonchev–Trinajstić information content (AvgIpc) is 3.52. The summed E-state index contributed by atoms with van der Waals surface area (Å²) < 4.78 is 7.00. The van der Waals surface area contributed by atoms with Gasteiger partial charge in [-0.2, -0.15) is 9.90 Å². The van der Waals surface area contributed by atoms with Gasteiger partial charge in [0.2, 0.25) is 5.82 Å². The van der Waals surface area contributed by atoms with Crippen molar-refractivity contribution in [3.63, 3.8) is 0 Å². The molecule has 2 aromatic heterocycles. The fraction of sp³-hybridized carbons (Fsp3) is 0.120. The number of methoxy groups -OCH3 is 1. The Morgan fingerprint density at radius 2 is 1.71 bits per heavy atom. The van der Waals surface area contributed by atoms with Crippen LogP contribution in [0.2, 0.25) is 10.0 Å². The van der Waals surface area contributed by atoms with Gasteiger partial charge in [-0.1, -0.05) is 71.7 Å². The smallest absolute Gasteiger partial charge is 0.209 e. The SMILES string of the molecule is COc1ccc(Cn2nnc(-c3cnn(-c4cccc(Cl)c4Cl)c3SCc3ccccc3)n2)cc1. The van der Waals surface area contributed by atoms with E-state index in [9.17, 15) is 0 Å². The largest absolute Gasteiger partial charge is 0.497 e. The Morgan fingerprint density at radius 1 is 0.914 bits per heavy atom. The highest BCUT2D eigenvalue weighted by Gasteiger charge is 2.21. The highest BCUT2D eigenvalue weighted by molar-refractivity contribution is 7.98. The molecule has 0 amide bonds. The van der Waals surface area contributed by atoms with Crippen LogP contribution in [0, 0.1) is 0 Å². The molecule has 35 heavy (non-hydrogen) atoms. The first-order chi connectivity index (χ1) is 17.1. The first-order valence-corrected chi connectivity index (χ1v) is 12.5. The zero-order valence-electron chi connectivity index (χ0n) is 18.7. The lowest BCUT2D eigenvalue weighted by molar-refractivity contribution is 0.414. The lowest BCUT2D eigenvalue weighted by Gasteiger charge is -2.11. The minimum absolute atomic E-state index is 0.432. The fourth-order valence-corrected chi connectivity index (χ4v) is 4.93. The summed E-state index contributed by atoms with van der Waals surface area (Å²) in [6.07, 6.45) is 1.74. The maximum absolute atomic E-state index is 6.53. The van der Waals surface area contributed by atoms with Gasteiger partial charge in [0.05, 0.1) is 41.1 Å². The molecule has 0 aliphatic rings. The zero-order chi connectivity index (χ0) is 24.2. The second-order valence-electron chi connectivity index (χ2n) is 7.61. The molecule has 176 valence electrons. The Kier molecular flexibility index (Phi) is 7.03. The van der Waals surface area contributed by atoms with Gasteiger partial charge in [0, 0.05) is 5.75 Å². The third-order valence-corrected chi connectivity index (χ3v) is 7.23. The summed E-state index contributed by atoms with van der Waals surface area (Å²) >= 11 is 14.4. The van der Waals surface area contributed by atoms with E-state index >= 15 is 0 Å². The average molecular weight is 523 g/mol. The topological polar surface area (TPSA) is 70.7 Å². The molecule has 0 fully saturated rings. The molecular formula is C25H20Cl2N6OS. The van der Waals surface area contributed by atoms with Gasteiger partial charge < -0.3 is 4.74 Å². The molecule has 0 N–H and O–H groups in total. The van der Waals surface area contributed by atoms with Crippen molar-refractivity contribution in [2.75, 3.05) is 7.11 Å². The second kappa shape index (κ2) is 10.5. The van der Waals surface area contributed by atoms with E-state index in [4.69, 9.17) is 27.9 Å². The van der Waals surface area contributed by atoms with Crippen LogP contribution in [0.3, 0.4) is 0 Å². The van der Waals surface area contributed by atoms with Crippen LogP contribution in [0.25, 0.3) is 17.1 Å². The van der Waals surface area contributed by atoms with Crippen molar-refractivity contribution in [2.45, 2.75) is 17.3 Å². The Balaban J connectivity index is 1.48. The lowest BCUT2D eigenvalue weighted by atomic mass is 10.2. The molecule has 0 radical (unpaired) electrons. The van der Waals surface area contributed by atoms with Crippen LogP contribution >= 0.6 is 35.0 Å². The standard InChI is InChI=1S/C25H20Cl2N6OS/c1-34-19-12-10-17(11-13-19)15-32-30-24(29-31-32)20-14-28-33(22-9-5-8-21(26)23(22)27)25(20)35-16-18-6-3-2-4-7-18/h2-14H,15-16H2,1H3. The number of aromatic nitrogens is 6. The molecule has 10 heteroatoms. The van der Waals surface area contributed by atoms with Crippen molar-refractivity contribution in [2.24, 2.45) is 0 Å². The Labute approximate surface area is 216 Å². The van der Waals surface area contributed by atoms with Crippen molar-refractivity contribution in [1.29, 1.82) is 0 Å². The number of hydrogen-bond donors (Lipinski definition) is 0. The molecule has 0 saturated heterocycles. The van der Waals surface area contributed by atoms with Gasteiger partial charge in [-0.15, -0.1) is 22.0 Å². The maximum Gasteiger partial charge on any atom is 0.209 e. The second-order valence-corrected chi connectivity index (χ2v) is 9.36. The van der Waals surface area contributed by atoms with Gasteiger partial charge >= 0.3 is 0 Å². The van der Waals surface area contributed by atoms with Gasteiger partial charge in [0.25, 0.3) is 0 Å². The first-order valence-electron chi connectivity index (χ1n) is 10.7. The summed E-state index contributed by atoms with van der Waals surface area (Å²) in [6.45, 7) is 0.484. The fourth-order valence-electron chi connectivity index (χ4n) is 3.50. The van der Waals surface area contributed by atoms with Crippen molar-refractivity contribution in [1.82, 2.24) is 30.0 Å².